The van der Waals surface area contributed by atoms with E-state index in [4.69, 9.17) is 5.73 Å². The zero-order valence-corrected chi connectivity index (χ0v) is 25.8. The molecule has 0 spiro atoms. The van der Waals surface area contributed by atoms with Gasteiger partial charge in [-0.25, -0.2) is 4.39 Å². The molecule has 0 atom stereocenters. The van der Waals surface area contributed by atoms with Crippen LogP contribution >= 0.6 is 0 Å². The SMILES string of the molecule is Cc1ccc(N=Nc2c(S(=O)(=O)O)cc3cc(S(=O)(=O)O)c(N=Nc4cc(S(=O)(=O)O)ccc4F)c(N)c3c2O)c(S(=O)(=O)O)c1. The van der Waals surface area contributed by atoms with Gasteiger partial charge < -0.3 is 10.8 Å². The van der Waals surface area contributed by atoms with Gasteiger partial charge in [-0.1, -0.05) is 6.07 Å². The van der Waals surface area contributed by atoms with E-state index in [2.05, 4.69) is 20.5 Å². The lowest BCUT2D eigenvalue weighted by molar-refractivity contribution is 0.472. The number of anilines is 1. The fourth-order valence-corrected chi connectivity index (χ4v) is 6.49. The molecule has 0 amide bonds. The molecule has 0 saturated carbocycles. The Bertz CT molecular complexity index is 2470. The average molecular weight is 720 g/mol. The van der Waals surface area contributed by atoms with Crippen LogP contribution in [-0.4, -0.2) is 57.0 Å². The largest absolute Gasteiger partial charge is 0.505 e. The van der Waals surface area contributed by atoms with Crippen molar-refractivity contribution >= 4 is 79.7 Å². The van der Waals surface area contributed by atoms with Gasteiger partial charge in [-0.15, -0.1) is 20.5 Å². The standard InChI is InChI=1S/C23H18FN5O13S4/c1-10-2-5-14(16(6-10)44(34,35)36)26-29-22-18(46(40,41)42)8-11-7-17(45(37,38)39)21(20(25)19(11)23(22)30)28-27-15-9-12(43(31,32)33)3-4-13(15)24/h2-9,30H,25H2,1H3,(H,31,32,33)(H,34,35,36)(H,37,38,39)(H,40,41,42). The van der Waals surface area contributed by atoms with Crippen molar-refractivity contribution in [2.75, 3.05) is 5.73 Å². The van der Waals surface area contributed by atoms with Gasteiger partial charge in [0.05, 0.1) is 16.0 Å². The highest BCUT2D eigenvalue weighted by molar-refractivity contribution is 7.86. The van der Waals surface area contributed by atoms with Gasteiger partial charge in [0.25, 0.3) is 40.5 Å². The number of nitrogens with zero attached hydrogens (tertiary/aromatic N) is 4. The normalized spacial score (nSPS) is 13.3. The summed E-state index contributed by atoms with van der Waals surface area (Å²) in [5.74, 6) is -2.43. The van der Waals surface area contributed by atoms with Crippen LogP contribution in [0.1, 0.15) is 5.56 Å². The van der Waals surface area contributed by atoms with E-state index < -0.39 is 111 Å². The van der Waals surface area contributed by atoms with Crippen molar-refractivity contribution in [3.63, 3.8) is 0 Å². The molecule has 4 aromatic rings. The van der Waals surface area contributed by atoms with Crippen molar-refractivity contribution in [2.45, 2.75) is 26.5 Å². The Morgan fingerprint density at radius 1 is 0.630 bits per heavy atom. The third-order valence-corrected chi connectivity index (χ3v) is 9.46. The number of aryl methyl sites for hydroxylation is 1. The number of phenols is 1. The monoisotopic (exact) mass is 719 g/mol. The van der Waals surface area contributed by atoms with Gasteiger partial charge in [0.1, 0.15) is 37.4 Å². The quantitative estimate of drug-likeness (QED) is 0.0836. The van der Waals surface area contributed by atoms with E-state index in [1.54, 1.807) is 0 Å². The second-order valence-corrected chi connectivity index (χ2v) is 14.8. The maximum Gasteiger partial charge on any atom is 0.296 e. The molecule has 0 saturated heterocycles. The maximum atomic E-state index is 14.3. The molecule has 0 aliphatic heterocycles. The zero-order chi connectivity index (χ0) is 34.6. The molecule has 4 aromatic carbocycles. The number of fused-ring (bicyclic) bond motifs is 1. The molecule has 0 aromatic heterocycles. The van der Waals surface area contributed by atoms with Crippen molar-refractivity contribution in [2.24, 2.45) is 20.5 Å². The number of nitrogen functional groups attached to an aromatic ring is 1. The van der Waals surface area contributed by atoms with Crippen molar-refractivity contribution in [3.05, 3.63) is 59.9 Å². The molecule has 18 nitrogen and oxygen atoms in total. The van der Waals surface area contributed by atoms with Gasteiger partial charge in [0, 0.05) is 0 Å². The lowest BCUT2D eigenvalue weighted by atomic mass is 10.1. The first-order valence-electron chi connectivity index (χ1n) is 11.8. The van der Waals surface area contributed by atoms with Crippen LogP contribution in [0.4, 0.5) is 32.8 Å². The van der Waals surface area contributed by atoms with Gasteiger partial charge in [0.15, 0.2) is 11.6 Å². The number of hydrogen-bond donors (Lipinski definition) is 6. The smallest absolute Gasteiger partial charge is 0.296 e. The summed E-state index contributed by atoms with van der Waals surface area (Å²) in [5, 5.41) is 23.8. The van der Waals surface area contributed by atoms with E-state index in [1.807, 2.05) is 0 Å². The van der Waals surface area contributed by atoms with Crippen LogP contribution in [0.3, 0.4) is 0 Å². The number of hydrogen-bond acceptors (Lipinski definition) is 14. The molecule has 0 fully saturated rings. The average Bonchev–Trinajstić information content (AvgIpc) is 2.90. The first kappa shape index (κ1) is 34.4. The van der Waals surface area contributed by atoms with E-state index in [9.17, 15) is 61.4 Å². The van der Waals surface area contributed by atoms with E-state index >= 15 is 0 Å². The summed E-state index contributed by atoms with van der Waals surface area (Å²) in [6.45, 7) is 1.47. The topological polar surface area (TPSA) is 313 Å². The number of benzene rings is 4. The third-order valence-electron chi connectivity index (χ3n) is 5.99. The minimum absolute atomic E-state index is 0.354. The van der Waals surface area contributed by atoms with E-state index in [1.165, 1.54) is 13.0 Å². The highest BCUT2D eigenvalue weighted by atomic mass is 32.2. The minimum atomic E-state index is -5.32. The Morgan fingerprint density at radius 3 is 1.70 bits per heavy atom. The van der Waals surface area contributed by atoms with Crippen LogP contribution in [-0.2, 0) is 40.5 Å². The molecule has 0 bridgehead atoms. The van der Waals surface area contributed by atoms with Gasteiger partial charge >= 0.3 is 0 Å². The highest BCUT2D eigenvalue weighted by Crippen LogP contribution is 2.48. The Kier molecular flexibility index (Phi) is 8.75. The Hall–Kier alpha value is -4.49. The second-order valence-electron chi connectivity index (χ2n) is 9.19. The molecule has 46 heavy (non-hydrogen) atoms. The van der Waals surface area contributed by atoms with Gasteiger partial charge in [-0.2, -0.15) is 33.7 Å². The van der Waals surface area contributed by atoms with Crippen LogP contribution < -0.4 is 5.73 Å². The lowest BCUT2D eigenvalue weighted by Crippen LogP contribution is -2.04. The Morgan fingerprint density at radius 2 is 1.15 bits per heavy atom. The van der Waals surface area contributed by atoms with Gasteiger partial charge in [-0.3, -0.25) is 18.2 Å². The number of nitrogens with two attached hydrogens (primary N) is 1. The summed E-state index contributed by atoms with van der Waals surface area (Å²) in [5.41, 5.74) is 2.04. The van der Waals surface area contributed by atoms with Gasteiger partial charge in [0.2, 0.25) is 0 Å². The third kappa shape index (κ3) is 7.00. The van der Waals surface area contributed by atoms with Crippen LogP contribution in [0.5, 0.6) is 5.75 Å². The number of azo groups is 2. The first-order valence-corrected chi connectivity index (χ1v) is 17.5. The predicted molar refractivity (Wildman–Crippen MR) is 155 cm³/mol. The molecular weight excluding hydrogens is 702 g/mol. The number of phenolic OH excluding ortho intramolecular Hbond substituents is 1. The fraction of sp³-hybridized carbons (Fsp3) is 0.0435. The molecular formula is C23H18FN5O13S4. The van der Waals surface area contributed by atoms with Gasteiger partial charge in [-0.05, 0) is 60.3 Å². The molecule has 244 valence electrons. The first-order chi connectivity index (χ1) is 21.0. The molecule has 0 radical (unpaired) electrons. The van der Waals surface area contributed by atoms with Crippen molar-refractivity contribution < 1.29 is 61.4 Å². The van der Waals surface area contributed by atoms with Crippen LogP contribution in [0.15, 0.2) is 88.6 Å². The van der Waals surface area contributed by atoms with E-state index in [0.717, 1.165) is 12.1 Å². The van der Waals surface area contributed by atoms with Crippen molar-refractivity contribution in [1.29, 1.82) is 0 Å². The molecule has 0 aliphatic carbocycles. The summed E-state index contributed by atoms with van der Waals surface area (Å²) in [6.07, 6.45) is 0. The maximum absolute atomic E-state index is 14.3. The predicted octanol–water partition coefficient (Wildman–Crippen LogP) is 4.39. The minimum Gasteiger partial charge on any atom is -0.505 e. The van der Waals surface area contributed by atoms with E-state index in [-0.39, 0.29) is 0 Å². The summed E-state index contributed by atoms with van der Waals surface area (Å²) >= 11 is 0. The lowest BCUT2D eigenvalue weighted by Gasteiger charge is -2.14. The summed E-state index contributed by atoms with van der Waals surface area (Å²) in [7, 11) is -20.4. The zero-order valence-electron chi connectivity index (χ0n) is 22.5. The molecule has 4 rings (SSSR count). The molecule has 0 heterocycles. The van der Waals surface area contributed by atoms with Crippen LogP contribution in [0.25, 0.3) is 10.8 Å². The number of aromatic hydroxyl groups is 1. The van der Waals surface area contributed by atoms with Crippen molar-refractivity contribution in [3.8, 4) is 5.75 Å². The fourth-order valence-electron chi connectivity index (χ4n) is 3.95. The number of rotatable bonds is 8. The number of halogens is 1. The Labute approximate surface area is 258 Å². The highest BCUT2D eigenvalue weighted by Gasteiger charge is 2.28. The summed E-state index contributed by atoms with van der Waals surface area (Å²) in [6, 6.07) is 6.25. The van der Waals surface area contributed by atoms with Crippen molar-refractivity contribution in [1.82, 2.24) is 0 Å². The molecule has 0 unspecified atom stereocenters. The second kappa shape index (κ2) is 11.7. The molecule has 0 aliphatic rings. The summed E-state index contributed by atoms with van der Waals surface area (Å²) in [4.78, 5) is -3.99. The van der Waals surface area contributed by atoms with E-state index in [0.29, 0.717) is 35.9 Å². The van der Waals surface area contributed by atoms with Crippen LogP contribution in [0, 0.1) is 12.7 Å². The molecule has 23 heteroatoms. The molecule has 7 N–H and O–H groups in total. The Balaban J connectivity index is 2.06. The summed E-state index contributed by atoms with van der Waals surface area (Å²) < 4.78 is 148. The van der Waals surface area contributed by atoms with Crippen LogP contribution in [0.2, 0.25) is 0 Å².